The fraction of sp³-hybridized carbons (Fsp3) is 0.423. The second-order valence-corrected chi connectivity index (χ2v) is 12.1. The summed E-state index contributed by atoms with van der Waals surface area (Å²) in [4.78, 5) is 27.2. The summed E-state index contributed by atoms with van der Waals surface area (Å²) in [6, 6.07) is 11.3. The van der Waals surface area contributed by atoms with Crippen molar-refractivity contribution in [1.82, 2.24) is 23.6 Å². The van der Waals surface area contributed by atoms with Gasteiger partial charge >= 0.3 is 15.9 Å². The molecule has 12 heteroatoms. The van der Waals surface area contributed by atoms with Crippen LogP contribution in [-0.2, 0) is 28.6 Å². The molecule has 1 unspecified atom stereocenters. The van der Waals surface area contributed by atoms with Gasteiger partial charge < -0.3 is 4.90 Å². The van der Waals surface area contributed by atoms with Gasteiger partial charge in [0.05, 0.1) is 11.3 Å². The highest BCUT2D eigenvalue weighted by Crippen LogP contribution is 2.33. The van der Waals surface area contributed by atoms with Crippen molar-refractivity contribution in [3.63, 3.8) is 0 Å². The molecular formula is C26H31FN6O4S. The molecule has 1 aromatic heterocycles. The Morgan fingerprint density at radius 2 is 1.87 bits per heavy atom. The maximum Gasteiger partial charge on any atom is 0.345 e. The molecule has 2 aromatic carbocycles. The summed E-state index contributed by atoms with van der Waals surface area (Å²) in [5.74, 6) is 0.138. The summed E-state index contributed by atoms with van der Waals surface area (Å²) in [7, 11) is 0.701. The van der Waals surface area contributed by atoms with Gasteiger partial charge in [0.15, 0.2) is 5.82 Å². The summed E-state index contributed by atoms with van der Waals surface area (Å²) in [5, 5.41) is 4.31. The Bertz CT molecular complexity index is 1540. The van der Waals surface area contributed by atoms with Crippen LogP contribution in [0.1, 0.15) is 19.3 Å². The van der Waals surface area contributed by atoms with Crippen LogP contribution in [0.4, 0.5) is 10.1 Å². The maximum absolute atomic E-state index is 15.5. The van der Waals surface area contributed by atoms with E-state index >= 15 is 4.39 Å². The molecule has 3 aromatic rings. The number of halogens is 1. The van der Waals surface area contributed by atoms with Gasteiger partial charge in [-0.3, -0.25) is 14.1 Å². The molecule has 0 radical (unpaired) electrons. The average Bonchev–Trinajstić information content (AvgIpc) is 3.56. The van der Waals surface area contributed by atoms with E-state index in [0.717, 1.165) is 23.6 Å². The van der Waals surface area contributed by atoms with Gasteiger partial charge in [-0.1, -0.05) is 18.2 Å². The lowest BCUT2D eigenvalue weighted by molar-refractivity contribution is -0.131. The summed E-state index contributed by atoms with van der Waals surface area (Å²) >= 11 is 0. The van der Waals surface area contributed by atoms with Gasteiger partial charge in [-0.15, -0.1) is 5.10 Å². The number of carbonyl (C=O) groups excluding carboxylic acids is 1. The zero-order chi connectivity index (χ0) is 27.2. The third-order valence-electron chi connectivity index (χ3n) is 7.11. The zero-order valence-corrected chi connectivity index (χ0v) is 22.4. The number of aryl methyl sites for hydroxylation is 1. The molecule has 202 valence electrons. The Morgan fingerprint density at radius 3 is 2.55 bits per heavy atom. The first-order valence-electron chi connectivity index (χ1n) is 12.6. The smallest absolute Gasteiger partial charge is 0.342 e. The fourth-order valence-corrected chi connectivity index (χ4v) is 5.38. The second kappa shape index (κ2) is 9.99. The SMILES string of the molecule is CN(C)S(=O)(=O)Nc1cccc(-c2ccc(-c3nn(C)c(=O)n3CC3CCN(C(=O)C4CC4)C3)c(F)c2)c1. The van der Waals surface area contributed by atoms with Crippen molar-refractivity contribution in [2.75, 3.05) is 31.9 Å². The van der Waals surface area contributed by atoms with Crippen molar-refractivity contribution in [1.29, 1.82) is 0 Å². The number of aromatic nitrogens is 3. The van der Waals surface area contributed by atoms with Crippen LogP contribution in [0.2, 0.25) is 0 Å². The van der Waals surface area contributed by atoms with Crippen LogP contribution in [0.15, 0.2) is 47.3 Å². The molecule has 2 fully saturated rings. The van der Waals surface area contributed by atoms with Crippen molar-refractivity contribution >= 4 is 21.8 Å². The lowest BCUT2D eigenvalue weighted by atomic mass is 10.0. The Morgan fingerprint density at radius 1 is 1.13 bits per heavy atom. The minimum atomic E-state index is -3.68. The predicted molar refractivity (Wildman–Crippen MR) is 142 cm³/mol. The molecule has 2 heterocycles. The summed E-state index contributed by atoms with van der Waals surface area (Å²) in [5.41, 5.74) is 1.38. The van der Waals surface area contributed by atoms with Gasteiger partial charge in [0.2, 0.25) is 5.91 Å². The molecule has 2 aliphatic rings. The van der Waals surface area contributed by atoms with Crippen LogP contribution in [0.5, 0.6) is 0 Å². The summed E-state index contributed by atoms with van der Waals surface area (Å²) < 4.78 is 46.0. The highest BCUT2D eigenvalue weighted by molar-refractivity contribution is 7.90. The zero-order valence-electron chi connectivity index (χ0n) is 21.6. The first-order chi connectivity index (χ1) is 18.0. The van der Waals surface area contributed by atoms with E-state index in [9.17, 15) is 18.0 Å². The molecule has 5 rings (SSSR count). The first-order valence-corrected chi connectivity index (χ1v) is 14.0. The average molecular weight is 543 g/mol. The van der Waals surface area contributed by atoms with E-state index < -0.39 is 16.0 Å². The van der Waals surface area contributed by atoms with E-state index in [4.69, 9.17) is 0 Å². The molecular weight excluding hydrogens is 511 g/mol. The lowest BCUT2D eigenvalue weighted by Gasteiger charge is -2.17. The lowest BCUT2D eigenvalue weighted by Crippen LogP contribution is -2.31. The molecule has 1 aliphatic carbocycles. The number of carbonyl (C=O) groups is 1. The van der Waals surface area contributed by atoms with Crippen molar-refractivity contribution < 1.29 is 17.6 Å². The number of benzene rings is 2. The molecule has 1 saturated heterocycles. The Labute approximate surface area is 220 Å². The van der Waals surface area contributed by atoms with E-state index in [1.165, 1.54) is 36.5 Å². The van der Waals surface area contributed by atoms with Crippen molar-refractivity contribution in [3.8, 4) is 22.5 Å². The first kappa shape index (κ1) is 26.1. The fourth-order valence-electron chi connectivity index (χ4n) is 4.77. The molecule has 1 aliphatic heterocycles. The third-order valence-corrected chi connectivity index (χ3v) is 8.56. The largest absolute Gasteiger partial charge is 0.345 e. The second-order valence-electron chi connectivity index (χ2n) is 10.2. The minimum Gasteiger partial charge on any atom is -0.342 e. The Hall–Kier alpha value is -3.51. The number of anilines is 1. The number of nitrogens with one attached hydrogen (secondary N) is 1. The monoisotopic (exact) mass is 542 g/mol. The number of hydrogen-bond acceptors (Lipinski definition) is 5. The molecule has 0 spiro atoms. The van der Waals surface area contributed by atoms with Gasteiger partial charge in [0.25, 0.3) is 0 Å². The van der Waals surface area contributed by atoms with Crippen molar-refractivity contribution in [2.45, 2.75) is 25.8 Å². The van der Waals surface area contributed by atoms with E-state index in [1.807, 2.05) is 4.90 Å². The highest BCUT2D eigenvalue weighted by atomic mass is 32.2. The van der Waals surface area contributed by atoms with Gasteiger partial charge in [0, 0.05) is 46.7 Å². The van der Waals surface area contributed by atoms with E-state index in [0.29, 0.717) is 36.4 Å². The summed E-state index contributed by atoms with van der Waals surface area (Å²) in [6.07, 6.45) is 2.70. The van der Waals surface area contributed by atoms with E-state index in [-0.39, 0.29) is 34.8 Å². The van der Waals surface area contributed by atoms with E-state index in [2.05, 4.69) is 9.82 Å². The van der Waals surface area contributed by atoms with Crippen LogP contribution < -0.4 is 10.4 Å². The van der Waals surface area contributed by atoms with Crippen LogP contribution in [0.3, 0.4) is 0 Å². The Balaban J connectivity index is 1.39. The molecule has 1 saturated carbocycles. The topological polar surface area (TPSA) is 110 Å². The standard InChI is InChI=1S/C26H31FN6O4S/c1-30(2)38(36,37)29-21-6-4-5-19(13-21)20-9-10-22(23(27)14-20)24-28-31(3)26(35)33(24)16-17-11-12-32(15-17)25(34)18-7-8-18/h4-6,9-10,13-14,17-18,29H,7-8,11-12,15-16H2,1-3H3. The molecule has 10 nitrogen and oxygen atoms in total. The number of likely N-dealkylation sites (tertiary alicyclic amines) is 1. The number of hydrogen-bond donors (Lipinski definition) is 1. The van der Waals surface area contributed by atoms with Crippen molar-refractivity contribution in [2.24, 2.45) is 18.9 Å². The van der Waals surface area contributed by atoms with Crippen LogP contribution in [0.25, 0.3) is 22.5 Å². The summed E-state index contributed by atoms with van der Waals surface area (Å²) in [6.45, 7) is 1.62. The molecule has 1 N–H and O–H groups in total. The molecule has 1 atom stereocenters. The highest BCUT2D eigenvalue weighted by Gasteiger charge is 2.37. The Kier molecular flexibility index (Phi) is 6.86. The number of nitrogens with zero attached hydrogens (tertiary/aromatic N) is 5. The quantitative estimate of drug-likeness (QED) is 0.471. The van der Waals surface area contributed by atoms with Crippen LogP contribution in [-0.4, -0.2) is 65.1 Å². The number of amides is 1. The molecule has 1 amide bonds. The maximum atomic E-state index is 15.5. The number of rotatable bonds is 8. The van der Waals surface area contributed by atoms with Crippen LogP contribution >= 0.6 is 0 Å². The van der Waals surface area contributed by atoms with Crippen molar-refractivity contribution in [3.05, 3.63) is 58.8 Å². The van der Waals surface area contributed by atoms with Crippen LogP contribution in [0, 0.1) is 17.7 Å². The van der Waals surface area contributed by atoms with Gasteiger partial charge in [0.1, 0.15) is 5.82 Å². The van der Waals surface area contributed by atoms with E-state index in [1.54, 1.807) is 36.4 Å². The molecule has 38 heavy (non-hydrogen) atoms. The van der Waals surface area contributed by atoms with Gasteiger partial charge in [-0.2, -0.15) is 12.7 Å². The normalized spacial score (nSPS) is 17.8. The van der Waals surface area contributed by atoms with Gasteiger partial charge in [-0.05, 0) is 60.6 Å². The predicted octanol–water partition coefficient (Wildman–Crippen LogP) is 2.53. The van der Waals surface area contributed by atoms with Gasteiger partial charge in [-0.25, -0.2) is 13.9 Å². The minimum absolute atomic E-state index is 0.0920. The molecule has 0 bridgehead atoms. The third kappa shape index (κ3) is 5.23.